The highest BCUT2D eigenvalue weighted by molar-refractivity contribution is 5.91. The summed E-state index contributed by atoms with van der Waals surface area (Å²) in [6.07, 6.45) is 0.400. The van der Waals surface area contributed by atoms with Crippen LogP contribution in [0.25, 0.3) is 22.2 Å². The van der Waals surface area contributed by atoms with E-state index >= 15 is 0 Å². The van der Waals surface area contributed by atoms with Gasteiger partial charge >= 0.3 is 0 Å². The molecule has 8 heteroatoms. The average Bonchev–Trinajstić information content (AvgIpc) is 3.14. The van der Waals surface area contributed by atoms with E-state index in [1.807, 2.05) is 30.3 Å². The van der Waals surface area contributed by atoms with Crippen LogP contribution in [0.2, 0.25) is 0 Å². The molecule has 6 nitrogen and oxygen atoms in total. The second-order valence-electron chi connectivity index (χ2n) is 7.34. The molecule has 32 heavy (non-hydrogen) atoms. The highest BCUT2D eigenvalue weighted by Gasteiger charge is 2.17. The van der Waals surface area contributed by atoms with Gasteiger partial charge in [0.25, 0.3) is 5.69 Å². The van der Waals surface area contributed by atoms with Gasteiger partial charge in [-0.3, -0.25) is 14.9 Å². The van der Waals surface area contributed by atoms with Crippen molar-refractivity contribution in [1.29, 1.82) is 0 Å². The number of nitrogens with zero attached hydrogens (tertiary/aromatic N) is 1. The first-order valence-electron chi connectivity index (χ1n) is 9.97. The van der Waals surface area contributed by atoms with Crippen LogP contribution in [0.1, 0.15) is 17.5 Å². The molecule has 0 fully saturated rings. The number of carbonyl (C=O) groups is 1. The molecule has 0 bridgehead atoms. The van der Waals surface area contributed by atoms with Gasteiger partial charge < -0.3 is 10.3 Å². The Morgan fingerprint density at radius 2 is 1.72 bits per heavy atom. The van der Waals surface area contributed by atoms with E-state index in [1.165, 1.54) is 12.1 Å². The number of halogens is 2. The maximum Gasteiger partial charge on any atom is 0.274 e. The Kier molecular flexibility index (Phi) is 5.93. The number of nitro benzene ring substituents is 1. The number of nitrogens with one attached hydrogen (secondary N) is 2. The van der Waals surface area contributed by atoms with Crippen LogP contribution in [-0.2, 0) is 17.8 Å². The Morgan fingerprint density at radius 1 is 1.00 bits per heavy atom. The first-order chi connectivity index (χ1) is 15.4. The summed E-state index contributed by atoms with van der Waals surface area (Å²) in [7, 11) is 0. The van der Waals surface area contributed by atoms with Crippen molar-refractivity contribution in [1.82, 2.24) is 10.3 Å². The van der Waals surface area contributed by atoms with Gasteiger partial charge in [0.05, 0.1) is 10.5 Å². The Labute approximate surface area is 182 Å². The third-order valence-electron chi connectivity index (χ3n) is 5.25. The van der Waals surface area contributed by atoms with Gasteiger partial charge in [-0.2, -0.15) is 0 Å². The number of aryl methyl sites for hydroxylation is 1. The zero-order valence-electron chi connectivity index (χ0n) is 16.9. The van der Waals surface area contributed by atoms with Gasteiger partial charge in [-0.05, 0) is 47.9 Å². The van der Waals surface area contributed by atoms with Crippen molar-refractivity contribution in [2.45, 2.75) is 19.4 Å². The molecule has 0 atom stereocenters. The average molecular weight is 435 g/mol. The minimum atomic E-state index is -0.618. The van der Waals surface area contributed by atoms with Crippen molar-refractivity contribution in [3.8, 4) is 11.3 Å². The lowest BCUT2D eigenvalue weighted by molar-refractivity contribution is -0.385. The van der Waals surface area contributed by atoms with E-state index in [0.717, 1.165) is 40.5 Å². The van der Waals surface area contributed by atoms with Crippen LogP contribution in [0.5, 0.6) is 0 Å². The van der Waals surface area contributed by atoms with E-state index in [0.29, 0.717) is 11.8 Å². The maximum absolute atomic E-state index is 13.9. The van der Waals surface area contributed by atoms with Crippen LogP contribution in [0, 0.1) is 21.7 Å². The van der Waals surface area contributed by atoms with E-state index in [4.69, 9.17) is 0 Å². The summed E-state index contributed by atoms with van der Waals surface area (Å²) in [4.78, 5) is 26.3. The number of nitro groups is 1. The Morgan fingerprint density at radius 3 is 2.47 bits per heavy atom. The van der Waals surface area contributed by atoms with Gasteiger partial charge in [0, 0.05) is 35.6 Å². The molecule has 0 radical (unpaired) electrons. The fourth-order valence-electron chi connectivity index (χ4n) is 3.73. The number of hydrogen-bond acceptors (Lipinski definition) is 3. The molecule has 4 rings (SSSR count). The molecular formula is C24H19F2N3O3. The van der Waals surface area contributed by atoms with Crippen LogP contribution in [0.3, 0.4) is 0 Å². The first-order valence-corrected chi connectivity index (χ1v) is 9.97. The zero-order valence-corrected chi connectivity index (χ0v) is 16.9. The second-order valence-corrected chi connectivity index (χ2v) is 7.34. The monoisotopic (exact) mass is 435 g/mol. The molecule has 1 amide bonds. The standard InChI is InChI=1S/C24H19F2N3O3/c25-17-7-10-22(29(31)32)16(12-17)14-27-23(30)11-8-19-20-13-18(26)6-9-21(20)28-24(19)15-4-2-1-3-5-15/h1-7,9-10,12-13,28H,8,11,14H2,(H,27,30). The lowest BCUT2D eigenvalue weighted by Crippen LogP contribution is -2.23. The molecule has 0 aliphatic rings. The molecule has 1 heterocycles. The summed E-state index contributed by atoms with van der Waals surface area (Å²) >= 11 is 0. The molecule has 162 valence electrons. The number of H-pyrrole nitrogens is 1. The molecule has 1 aromatic heterocycles. The van der Waals surface area contributed by atoms with E-state index in [-0.39, 0.29) is 35.9 Å². The molecule has 0 aliphatic heterocycles. The summed E-state index contributed by atoms with van der Waals surface area (Å²) in [5.41, 5.74) is 3.11. The summed E-state index contributed by atoms with van der Waals surface area (Å²) in [5.74, 6) is -1.35. The van der Waals surface area contributed by atoms with Gasteiger partial charge in [0.15, 0.2) is 0 Å². The highest BCUT2D eigenvalue weighted by Crippen LogP contribution is 2.32. The van der Waals surface area contributed by atoms with Crippen LogP contribution in [0.15, 0.2) is 66.7 Å². The van der Waals surface area contributed by atoms with E-state index in [1.54, 1.807) is 6.07 Å². The van der Waals surface area contributed by atoms with Crippen molar-refractivity contribution in [2.75, 3.05) is 0 Å². The minimum Gasteiger partial charge on any atom is -0.354 e. The summed E-state index contributed by atoms with van der Waals surface area (Å²) in [5, 5.41) is 14.4. The number of fused-ring (bicyclic) bond motifs is 1. The molecule has 2 N–H and O–H groups in total. The Bertz CT molecular complexity index is 1300. The van der Waals surface area contributed by atoms with Crippen molar-refractivity contribution < 1.29 is 18.5 Å². The van der Waals surface area contributed by atoms with Gasteiger partial charge in [-0.15, -0.1) is 0 Å². The molecule has 0 aliphatic carbocycles. The number of aromatic amines is 1. The molecule has 0 saturated heterocycles. The minimum absolute atomic E-state index is 0.0758. The predicted molar refractivity (Wildman–Crippen MR) is 117 cm³/mol. The third kappa shape index (κ3) is 4.49. The molecule has 0 saturated carbocycles. The largest absolute Gasteiger partial charge is 0.354 e. The van der Waals surface area contributed by atoms with E-state index in [9.17, 15) is 23.7 Å². The Hall–Kier alpha value is -4.07. The lowest BCUT2D eigenvalue weighted by Gasteiger charge is -2.08. The molecule has 3 aromatic carbocycles. The fourth-order valence-corrected chi connectivity index (χ4v) is 3.73. The fraction of sp³-hybridized carbons (Fsp3) is 0.125. The summed E-state index contributed by atoms with van der Waals surface area (Å²) in [6.45, 7) is -0.166. The Balaban J connectivity index is 1.53. The van der Waals surface area contributed by atoms with Crippen LogP contribution in [-0.4, -0.2) is 15.8 Å². The number of benzene rings is 3. The van der Waals surface area contributed by atoms with Crippen LogP contribution < -0.4 is 5.32 Å². The molecule has 0 unspecified atom stereocenters. The quantitative estimate of drug-likeness (QED) is 0.306. The number of hydrogen-bond donors (Lipinski definition) is 2. The highest BCUT2D eigenvalue weighted by atomic mass is 19.1. The van der Waals surface area contributed by atoms with Crippen LogP contribution >= 0.6 is 0 Å². The number of rotatable bonds is 7. The number of aromatic nitrogens is 1. The van der Waals surface area contributed by atoms with E-state index in [2.05, 4.69) is 10.3 Å². The van der Waals surface area contributed by atoms with Gasteiger partial charge in [-0.1, -0.05) is 30.3 Å². The van der Waals surface area contributed by atoms with Gasteiger partial charge in [-0.25, -0.2) is 8.78 Å². The van der Waals surface area contributed by atoms with Crippen molar-refractivity contribution in [2.24, 2.45) is 0 Å². The first kappa shape index (κ1) is 21.2. The number of amides is 1. The summed E-state index contributed by atoms with van der Waals surface area (Å²) in [6, 6.07) is 17.1. The predicted octanol–water partition coefficient (Wildman–Crippen LogP) is 5.27. The van der Waals surface area contributed by atoms with Crippen molar-refractivity contribution in [3.05, 3.63) is 99.6 Å². The lowest BCUT2D eigenvalue weighted by atomic mass is 10.0. The smallest absolute Gasteiger partial charge is 0.274 e. The van der Waals surface area contributed by atoms with Gasteiger partial charge in [0.2, 0.25) is 5.91 Å². The zero-order chi connectivity index (χ0) is 22.7. The normalized spacial score (nSPS) is 10.9. The molecule has 4 aromatic rings. The molecular weight excluding hydrogens is 416 g/mol. The summed E-state index contributed by atoms with van der Waals surface area (Å²) < 4.78 is 27.4. The molecule has 0 spiro atoms. The van der Waals surface area contributed by atoms with Gasteiger partial charge in [0.1, 0.15) is 11.6 Å². The second kappa shape index (κ2) is 8.97. The van der Waals surface area contributed by atoms with Crippen molar-refractivity contribution >= 4 is 22.5 Å². The van der Waals surface area contributed by atoms with Crippen molar-refractivity contribution in [3.63, 3.8) is 0 Å². The topological polar surface area (TPSA) is 88.0 Å². The SMILES string of the molecule is O=C(CCc1c(-c2ccccc2)[nH]c2ccc(F)cc12)NCc1cc(F)ccc1[N+](=O)[O-]. The maximum atomic E-state index is 13.9. The third-order valence-corrected chi connectivity index (χ3v) is 5.25. The van der Waals surface area contributed by atoms with E-state index < -0.39 is 10.7 Å². The number of carbonyl (C=O) groups excluding carboxylic acids is 1. The van der Waals surface area contributed by atoms with Crippen LogP contribution in [0.4, 0.5) is 14.5 Å².